The summed E-state index contributed by atoms with van der Waals surface area (Å²) in [4.78, 5) is 18.1. The van der Waals surface area contributed by atoms with Crippen LogP contribution in [0.1, 0.15) is 29.2 Å². The standard InChI is InChI=1S/C20H27N3O2/c1-5-23(13-10-18-8-11-21-12-9-18)20(24)22-14-25-19-16(3)7-6-15(2)17(19)4/h6-9,11-12H,5,10,13-14H2,1-4H3,(H,22,24). The molecule has 0 radical (unpaired) electrons. The van der Waals surface area contributed by atoms with Crippen LogP contribution in [0.3, 0.4) is 0 Å². The zero-order valence-corrected chi connectivity index (χ0v) is 15.5. The lowest BCUT2D eigenvalue weighted by Crippen LogP contribution is -2.42. The number of hydrogen-bond donors (Lipinski definition) is 1. The number of carbonyl (C=O) groups excluding carboxylic acids is 1. The van der Waals surface area contributed by atoms with E-state index in [4.69, 9.17) is 4.74 Å². The molecule has 0 aliphatic heterocycles. The second kappa shape index (κ2) is 9.06. The Labute approximate surface area is 150 Å². The first kappa shape index (κ1) is 18.8. The highest BCUT2D eigenvalue weighted by molar-refractivity contribution is 5.74. The molecule has 0 saturated carbocycles. The molecule has 0 saturated heterocycles. The molecule has 5 nitrogen and oxygen atoms in total. The topological polar surface area (TPSA) is 54.5 Å². The van der Waals surface area contributed by atoms with Crippen LogP contribution < -0.4 is 10.1 Å². The van der Waals surface area contributed by atoms with Gasteiger partial charge in [0.25, 0.3) is 0 Å². The summed E-state index contributed by atoms with van der Waals surface area (Å²) in [5.41, 5.74) is 4.53. The average molecular weight is 341 g/mol. The maximum atomic E-state index is 12.3. The van der Waals surface area contributed by atoms with Crippen LogP contribution in [0, 0.1) is 20.8 Å². The molecule has 1 N–H and O–H groups in total. The van der Waals surface area contributed by atoms with E-state index in [1.807, 2.05) is 39.0 Å². The molecule has 134 valence electrons. The van der Waals surface area contributed by atoms with E-state index in [1.54, 1.807) is 17.3 Å². The highest BCUT2D eigenvalue weighted by atomic mass is 16.5. The van der Waals surface area contributed by atoms with Crippen molar-refractivity contribution in [2.45, 2.75) is 34.1 Å². The zero-order chi connectivity index (χ0) is 18.2. The van der Waals surface area contributed by atoms with E-state index in [9.17, 15) is 4.79 Å². The Morgan fingerprint density at radius 2 is 1.80 bits per heavy atom. The highest BCUT2D eigenvalue weighted by Gasteiger charge is 2.12. The number of aromatic nitrogens is 1. The predicted octanol–water partition coefficient (Wildman–Crippen LogP) is 3.62. The molecule has 0 unspecified atom stereocenters. The summed E-state index contributed by atoms with van der Waals surface area (Å²) in [6, 6.07) is 7.94. The number of likely N-dealkylation sites (N-methyl/N-ethyl adjacent to an activating group) is 1. The van der Waals surface area contributed by atoms with Gasteiger partial charge in [0.1, 0.15) is 5.75 Å². The van der Waals surface area contributed by atoms with Gasteiger partial charge in [-0.1, -0.05) is 12.1 Å². The van der Waals surface area contributed by atoms with Crippen LogP contribution in [-0.4, -0.2) is 35.7 Å². The van der Waals surface area contributed by atoms with Crippen LogP contribution in [0.25, 0.3) is 0 Å². The van der Waals surface area contributed by atoms with E-state index < -0.39 is 0 Å². The molecule has 1 heterocycles. The van der Waals surface area contributed by atoms with Gasteiger partial charge in [-0.3, -0.25) is 4.98 Å². The van der Waals surface area contributed by atoms with Gasteiger partial charge in [0.05, 0.1) is 0 Å². The minimum atomic E-state index is -0.112. The van der Waals surface area contributed by atoms with E-state index in [2.05, 4.69) is 23.3 Å². The van der Waals surface area contributed by atoms with Crippen LogP contribution in [0.2, 0.25) is 0 Å². The van der Waals surface area contributed by atoms with Gasteiger partial charge in [-0.25, -0.2) is 4.79 Å². The minimum Gasteiger partial charge on any atom is -0.473 e. The Bertz CT molecular complexity index is 702. The van der Waals surface area contributed by atoms with Crippen LogP contribution in [0.4, 0.5) is 4.79 Å². The van der Waals surface area contributed by atoms with Gasteiger partial charge in [-0.2, -0.15) is 0 Å². The maximum absolute atomic E-state index is 12.3. The first-order valence-corrected chi connectivity index (χ1v) is 8.64. The van der Waals surface area contributed by atoms with Gasteiger partial charge in [-0.15, -0.1) is 0 Å². The molecule has 0 fully saturated rings. The number of carbonyl (C=O) groups is 1. The molecule has 1 aromatic carbocycles. The number of nitrogens with zero attached hydrogens (tertiary/aromatic N) is 2. The van der Waals surface area contributed by atoms with Gasteiger partial charge in [0.2, 0.25) is 0 Å². The number of nitrogens with one attached hydrogen (secondary N) is 1. The summed E-state index contributed by atoms with van der Waals surface area (Å²) < 4.78 is 5.81. The number of hydrogen-bond acceptors (Lipinski definition) is 3. The minimum absolute atomic E-state index is 0.112. The smallest absolute Gasteiger partial charge is 0.320 e. The molecule has 0 aliphatic rings. The molecule has 0 bridgehead atoms. The fourth-order valence-electron chi connectivity index (χ4n) is 2.65. The van der Waals surface area contributed by atoms with Crippen LogP contribution >= 0.6 is 0 Å². The van der Waals surface area contributed by atoms with Crippen LogP contribution in [0.15, 0.2) is 36.7 Å². The summed E-state index contributed by atoms with van der Waals surface area (Å²) >= 11 is 0. The van der Waals surface area contributed by atoms with E-state index >= 15 is 0 Å². The lowest BCUT2D eigenvalue weighted by atomic mass is 10.1. The largest absolute Gasteiger partial charge is 0.473 e. The first-order valence-electron chi connectivity index (χ1n) is 8.64. The Kier molecular flexibility index (Phi) is 6.81. The second-order valence-electron chi connectivity index (χ2n) is 6.11. The van der Waals surface area contributed by atoms with Gasteiger partial charge in [0, 0.05) is 25.5 Å². The Balaban J connectivity index is 1.85. The van der Waals surface area contributed by atoms with Crippen molar-refractivity contribution < 1.29 is 9.53 Å². The van der Waals surface area contributed by atoms with Crippen molar-refractivity contribution in [2.24, 2.45) is 0 Å². The summed E-state index contributed by atoms with van der Waals surface area (Å²) in [5, 5.41) is 2.84. The molecule has 5 heteroatoms. The number of amides is 2. The lowest BCUT2D eigenvalue weighted by Gasteiger charge is -2.22. The molecule has 0 atom stereocenters. The summed E-state index contributed by atoms with van der Waals surface area (Å²) in [6.07, 6.45) is 4.35. The summed E-state index contributed by atoms with van der Waals surface area (Å²) in [5.74, 6) is 0.847. The number of aryl methyl sites for hydroxylation is 2. The Morgan fingerprint density at radius 3 is 2.48 bits per heavy atom. The van der Waals surface area contributed by atoms with E-state index in [-0.39, 0.29) is 12.8 Å². The Hall–Kier alpha value is -2.56. The summed E-state index contributed by atoms with van der Waals surface area (Å²) in [7, 11) is 0. The molecule has 0 spiro atoms. The van der Waals surface area contributed by atoms with Crippen LogP contribution in [0.5, 0.6) is 5.75 Å². The summed E-state index contributed by atoms with van der Waals surface area (Å²) in [6.45, 7) is 9.55. The van der Waals surface area contributed by atoms with Crippen molar-refractivity contribution >= 4 is 6.03 Å². The number of pyridine rings is 1. The van der Waals surface area contributed by atoms with Crippen LogP contribution in [-0.2, 0) is 6.42 Å². The van der Waals surface area contributed by atoms with E-state index in [0.29, 0.717) is 13.1 Å². The molecule has 25 heavy (non-hydrogen) atoms. The van der Waals surface area contributed by atoms with Crippen molar-refractivity contribution in [3.63, 3.8) is 0 Å². The molecular formula is C20H27N3O2. The molecule has 2 aromatic rings. The quantitative estimate of drug-likeness (QED) is 0.783. The third kappa shape index (κ3) is 5.21. The predicted molar refractivity (Wildman–Crippen MR) is 99.9 cm³/mol. The fraction of sp³-hybridized carbons (Fsp3) is 0.400. The SMILES string of the molecule is CCN(CCc1ccncc1)C(=O)NCOc1c(C)ccc(C)c1C. The average Bonchev–Trinajstić information content (AvgIpc) is 2.62. The Morgan fingerprint density at radius 1 is 1.12 bits per heavy atom. The van der Waals surface area contributed by atoms with Crippen molar-refractivity contribution in [3.05, 3.63) is 58.9 Å². The zero-order valence-electron chi connectivity index (χ0n) is 15.5. The van der Waals surface area contributed by atoms with Gasteiger partial charge in [0.15, 0.2) is 6.73 Å². The maximum Gasteiger partial charge on any atom is 0.320 e. The van der Waals surface area contributed by atoms with Crippen molar-refractivity contribution in [1.29, 1.82) is 0 Å². The number of urea groups is 1. The fourth-order valence-corrected chi connectivity index (χ4v) is 2.65. The van der Waals surface area contributed by atoms with Gasteiger partial charge in [-0.05, 0) is 68.5 Å². The molecule has 0 aliphatic carbocycles. The molecular weight excluding hydrogens is 314 g/mol. The van der Waals surface area contributed by atoms with E-state index in [1.165, 1.54) is 11.1 Å². The number of benzene rings is 1. The third-order valence-corrected chi connectivity index (χ3v) is 4.40. The molecule has 1 aromatic heterocycles. The third-order valence-electron chi connectivity index (χ3n) is 4.40. The van der Waals surface area contributed by atoms with Gasteiger partial charge >= 0.3 is 6.03 Å². The lowest BCUT2D eigenvalue weighted by molar-refractivity contribution is 0.187. The monoisotopic (exact) mass is 341 g/mol. The van der Waals surface area contributed by atoms with Gasteiger partial charge < -0.3 is 15.0 Å². The van der Waals surface area contributed by atoms with Crippen molar-refractivity contribution in [3.8, 4) is 5.75 Å². The number of rotatable bonds is 7. The number of ether oxygens (including phenoxy) is 1. The second-order valence-corrected chi connectivity index (χ2v) is 6.11. The highest BCUT2D eigenvalue weighted by Crippen LogP contribution is 2.25. The van der Waals surface area contributed by atoms with Crippen molar-refractivity contribution in [2.75, 3.05) is 19.8 Å². The van der Waals surface area contributed by atoms with Crippen molar-refractivity contribution in [1.82, 2.24) is 15.2 Å². The first-order chi connectivity index (χ1) is 12.0. The molecule has 2 amide bonds. The van der Waals surface area contributed by atoms with E-state index in [0.717, 1.165) is 23.3 Å². The normalized spacial score (nSPS) is 10.4. The molecule has 2 rings (SSSR count).